The number of esters is 1. The smallest absolute Gasteiger partial charge is 0.339 e. The normalized spacial score (nSPS) is 27.3. The highest BCUT2D eigenvalue weighted by atomic mass is 16.6. The lowest BCUT2D eigenvalue weighted by Crippen LogP contribution is -2.12. The summed E-state index contributed by atoms with van der Waals surface area (Å²) in [5.74, 6) is -0.634. The fourth-order valence-corrected chi connectivity index (χ4v) is 1.05. The number of aliphatic hydroxyl groups is 2. The molecular formula is C7H10O4. The molecule has 4 heteroatoms. The fourth-order valence-electron chi connectivity index (χ4n) is 1.05. The van der Waals surface area contributed by atoms with E-state index in [0.29, 0.717) is 5.57 Å². The van der Waals surface area contributed by atoms with Crippen LogP contribution in [0, 0.1) is 0 Å². The van der Waals surface area contributed by atoms with Gasteiger partial charge in [-0.25, -0.2) is 4.79 Å². The molecule has 11 heavy (non-hydrogen) atoms. The average molecular weight is 158 g/mol. The summed E-state index contributed by atoms with van der Waals surface area (Å²) in [4.78, 5) is 10.8. The number of carbonyl (C=O) groups excluding carboxylic acids is 1. The lowest BCUT2D eigenvalue weighted by atomic mass is 10.1. The van der Waals surface area contributed by atoms with Crippen LogP contribution in [0.4, 0.5) is 0 Å². The Balaban J connectivity index is 2.97. The molecule has 0 saturated heterocycles. The number of ether oxygens (including phenoxy) is 1. The minimum absolute atomic E-state index is 0.164. The Kier molecular flexibility index (Phi) is 1.97. The Hall–Kier alpha value is -0.870. The molecule has 0 aliphatic carbocycles. The molecule has 0 aromatic heterocycles. The summed E-state index contributed by atoms with van der Waals surface area (Å²) >= 11 is 0. The van der Waals surface area contributed by atoms with E-state index < -0.39 is 18.4 Å². The highest BCUT2D eigenvalue weighted by Crippen LogP contribution is 2.22. The summed E-state index contributed by atoms with van der Waals surface area (Å²) in [7, 11) is 0. The molecule has 0 fully saturated rings. The maximum Gasteiger partial charge on any atom is 0.339 e. The predicted molar refractivity (Wildman–Crippen MR) is 36.5 cm³/mol. The van der Waals surface area contributed by atoms with Gasteiger partial charge in [-0.2, -0.15) is 0 Å². The molecular weight excluding hydrogens is 148 g/mol. The Morgan fingerprint density at radius 3 is 2.36 bits per heavy atom. The SMILES string of the molecule is CC1=C([C@H](C)O)C(=O)O[C@@H]1O. The van der Waals surface area contributed by atoms with Crippen LogP contribution in [0.5, 0.6) is 0 Å². The molecule has 2 atom stereocenters. The number of hydrogen-bond donors (Lipinski definition) is 2. The summed E-state index contributed by atoms with van der Waals surface area (Å²) in [5, 5.41) is 18.0. The van der Waals surface area contributed by atoms with Crippen molar-refractivity contribution >= 4 is 5.97 Å². The van der Waals surface area contributed by atoms with Crippen molar-refractivity contribution in [2.24, 2.45) is 0 Å². The Morgan fingerprint density at radius 2 is 2.18 bits per heavy atom. The van der Waals surface area contributed by atoms with Crippen LogP contribution in [-0.2, 0) is 9.53 Å². The monoisotopic (exact) mass is 158 g/mol. The van der Waals surface area contributed by atoms with E-state index >= 15 is 0 Å². The highest BCUT2D eigenvalue weighted by Gasteiger charge is 2.32. The Bertz CT molecular complexity index is 216. The molecule has 4 nitrogen and oxygen atoms in total. The van der Waals surface area contributed by atoms with E-state index in [1.807, 2.05) is 0 Å². The molecule has 0 aromatic carbocycles. The van der Waals surface area contributed by atoms with Gasteiger partial charge in [0, 0.05) is 5.57 Å². The third kappa shape index (κ3) is 1.27. The predicted octanol–water partition coefficient (Wildman–Crippen LogP) is -0.441. The van der Waals surface area contributed by atoms with Crippen LogP contribution < -0.4 is 0 Å². The molecule has 1 heterocycles. The van der Waals surface area contributed by atoms with Crippen LogP contribution in [-0.4, -0.2) is 28.6 Å². The molecule has 1 rings (SSSR count). The van der Waals surface area contributed by atoms with E-state index in [0.717, 1.165) is 0 Å². The van der Waals surface area contributed by atoms with Gasteiger partial charge in [0.1, 0.15) is 0 Å². The lowest BCUT2D eigenvalue weighted by Gasteiger charge is -2.01. The summed E-state index contributed by atoms with van der Waals surface area (Å²) in [6.07, 6.45) is -2.05. The minimum Gasteiger partial charge on any atom is -0.428 e. The second kappa shape index (κ2) is 2.64. The maximum absolute atomic E-state index is 10.8. The van der Waals surface area contributed by atoms with Gasteiger partial charge in [0.25, 0.3) is 0 Å². The number of cyclic esters (lactones) is 1. The van der Waals surface area contributed by atoms with Gasteiger partial charge in [-0.3, -0.25) is 0 Å². The summed E-state index contributed by atoms with van der Waals surface area (Å²) in [6.45, 7) is 3.01. The van der Waals surface area contributed by atoms with Crippen molar-refractivity contribution in [3.63, 3.8) is 0 Å². The first-order valence-electron chi connectivity index (χ1n) is 3.32. The largest absolute Gasteiger partial charge is 0.428 e. The zero-order chi connectivity index (χ0) is 8.59. The fraction of sp³-hybridized carbons (Fsp3) is 0.571. The van der Waals surface area contributed by atoms with Gasteiger partial charge < -0.3 is 14.9 Å². The zero-order valence-electron chi connectivity index (χ0n) is 6.37. The molecule has 0 amide bonds. The van der Waals surface area contributed by atoms with Gasteiger partial charge >= 0.3 is 5.97 Å². The highest BCUT2D eigenvalue weighted by molar-refractivity contribution is 5.92. The topological polar surface area (TPSA) is 66.8 Å². The molecule has 62 valence electrons. The summed E-state index contributed by atoms with van der Waals surface area (Å²) < 4.78 is 4.43. The van der Waals surface area contributed by atoms with E-state index in [2.05, 4.69) is 4.74 Å². The molecule has 0 bridgehead atoms. The van der Waals surface area contributed by atoms with Crippen molar-refractivity contribution in [3.8, 4) is 0 Å². The van der Waals surface area contributed by atoms with Gasteiger partial charge in [-0.1, -0.05) is 0 Å². The van der Waals surface area contributed by atoms with Crippen LogP contribution in [0.15, 0.2) is 11.1 Å². The third-order valence-electron chi connectivity index (χ3n) is 1.65. The van der Waals surface area contributed by atoms with Crippen molar-refractivity contribution in [1.82, 2.24) is 0 Å². The summed E-state index contributed by atoms with van der Waals surface area (Å²) in [6, 6.07) is 0. The molecule has 2 N–H and O–H groups in total. The van der Waals surface area contributed by atoms with Crippen molar-refractivity contribution in [3.05, 3.63) is 11.1 Å². The first-order chi connectivity index (χ1) is 5.04. The van der Waals surface area contributed by atoms with Crippen LogP contribution >= 0.6 is 0 Å². The van der Waals surface area contributed by atoms with Crippen molar-refractivity contribution in [1.29, 1.82) is 0 Å². The third-order valence-corrected chi connectivity index (χ3v) is 1.65. The standard InChI is InChI=1S/C7H10O4/c1-3-5(4(2)8)7(10)11-6(3)9/h4,6,8-9H,1-2H3/t4-,6-/m0/s1. The van der Waals surface area contributed by atoms with Gasteiger partial charge in [0.05, 0.1) is 11.7 Å². The molecule has 1 aliphatic rings. The van der Waals surface area contributed by atoms with Crippen LogP contribution in [0.25, 0.3) is 0 Å². The molecule has 0 spiro atoms. The van der Waals surface area contributed by atoms with Gasteiger partial charge in [0.15, 0.2) is 0 Å². The number of rotatable bonds is 1. The van der Waals surface area contributed by atoms with E-state index in [1.165, 1.54) is 6.92 Å². The summed E-state index contributed by atoms with van der Waals surface area (Å²) in [5.41, 5.74) is 0.558. The second-order valence-corrected chi connectivity index (χ2v) is 2.53. The second-order valence-electron chi connectivity index (χ2n) is 2.53. The molecule has 0 aromatic rings. The zero-order valence-corrected chi connectivity index (χ0v) is 6.37. The van der Waals surface area contributed by atoms with E-state index in [9.17, 15) is 4.79 Å². The van der Waals surface area contributed by atoms with Crippen LogP contribution in [0.2, 0.25) is 0 Å². The first kappa shape index (κ1) is 8.23. The van der Waals surface area contributed by atoms with E-state index in [1.54, 1.807) is 6.92 Å². The van der Waals surface area contributed by atoms with Gasteiger partial charge in [0.2, 0.25) is 6.29 Å². The Morgan fingerprint density at radius 1 is 1.64 bits per heavy atom. The van der Waals surface area contributed by atoms with Gasteiger partial charge in [-0.15, -0.1) is 0 Å². The van der Waals surface area contributed by atoms with Crippen molar-refractivity contribution in [2.45, 2.75) is 26.2 Å². The molecule has 0 radical (unpaired) electrons. The lowest BCUT2D eigenvalue weighted by molar-refractivity contribution is -0.152. The quantitative estimate of drug-likeness (QED) is 0.507. The van der Waals surface area contributed by atoms with E-state index in [-0.39, 0.29) is 5.57 Å². The van der Waals surface area contributed by atoms with Crippen LogP contribution in [0.3, 0.4) is 0 Å². The molecule has 0 unspecified atom stereocenters. The van der Waals surface area contributed by atoms with Crippen LogP contribution in [0.1, 0.15) is 13.8 Å². The average Bonchev–Trinajstić information content (AvgIpc) is 2.07. The number of carbonyl (C=O) groups is 1. The van der Waals surface area contributed by atoms with Gasteiger partial charge in [-0.05, 0) is 13.8 Å². The van der Waals surface area contributed by atoms with Crippen molar-refractivity contribution < 1.29 is 19.7 Å². The number of aliphatic hydroxyl groups excluding tert-OH is 2. The molecule has 0 saturated carbocycles. The minimum atomic E-state index is -1.17. The van der Waals surface area contributed by atoms with E-state index in [4.69, 9.17) is 10.2 Å². The Labute approximate surface area is 64.1 Å². The number of hydrogen-bond acceptors (Lipinski definition) is 4. The van der Waals surface area contributed by atoms with Crippen molar-refractivity contribution in [2.75, 3.05) is 0 Å². The first-order valence-corrected chi connectivity index (χ1v) is 3.32. The maximum atomic E-state index is 10.8. The molecule has 1 aliphatic heterocycles.